The second-order valence-corrected chi connectivity index (χ2v) is 6.56. The zero-order chi connectivity index (χ0) is 16.1. The molecule has 1 fully saturated rings. The fourth-order valence-corrected chi connectivity index (χ4v) is 3.23. The predicted octanol–water partition coefficient (Wildman–Crippen LogP) is 3.12. The van der Waals surface area contributed by atoms with Gasteiger partial charge in [-0.1, -0.05) is 30.0 Å². The Morgan fingerprint density at radius 3 is 2.83 bits per heavy atom. The number of nitrogens with zero attached hydrogens (tertiary/aromatic N) is 3. The van der Waals surface area contributed by atoms with Crippen LogP contribution in [0.15, 0.2) is 41.7 Å². The summed E-state index contributed by atoms with van der Waals surface area (Å²) in [6.45, 7) is 4.08. The standard InChI is InChI=1S/C17H20N4OS/c1-13-6-2-3-7-14(13)20-16(22)11-23-17-10-15(18-12-19-17)21-8-4-5-9-21/h2-3,6-7,10,12H,4-5,8-9,11H2,1H3,(H,20,22). The van der Waals surface area contributed by atoms with Crippen molar-refractivity contribution in [2.24, 2.45) is 0 Å². The molecule has 3 rings (SSSR count). The van der Waals surface area contributed by atoms with Crippen molar-refractivity contribution in [3.8, 4) is 0 Å². The summed E-state index contributed by atoms with van der Waals surface area (Å²) in [6, 6.07) is 9.74. The topological polar surface area (TPSA) is 58.1 Å². The van der Waals surface area contributed by atoms with Gasteiger partial charge in [-0.2, -0.15) is 0 Å². The van der Waals surface area contributed by atoms with Gasteiger partial charge in [-0.15, -0.1) is 0 Å². The van der Waals surface area contributed by atoms with Gasteiger partial charge in [0, 0.05) is 24.8 Å². The average Bonchev–Trinajstić information content (AvgIpc) is 3.10. The first-order valence-corrected chi connectivity index (χ1v) is 8.76. The number of hydrogen-bond acceptors (Lipinski definition) is 5. The molecule has 0 radical (unpaired) electrons. The summed E-state index contributed by atoms with van der Waals surface area (Å²) in [5.74, 6) is 1.27. The number of aromatic nitrogens is 2. The molecule has 0 unspecified atom stereocenters. The van der Waals surface area contributed by atoms with Crippen LogP contribution in [0.5, 0.6) is 0 Å². The van der Waals surface area contributed by atoms with Crippen LogP contribution >= 0.6 is 11.8 Å². The fraction of sp³-hybridized carbons (Fsp3) is 0.353. The Bertz CT molecular complexity index is 686. The Morgan fingerprint density at radius 2 is 2.04 bits per heavy atom. The molecular formula is C17H20N4OS. The van der Waals surface area contributed by atoms with E-state index in [0.717, 1.165) is 35.2 Å². The Hall–Kier alpha value is -2.08. The van der Waals surface area contributed by atoms with Gasteiger partial charge in [-0.3, -0.25) is 4.79 Å². The molecule has 1 N–H and O–H groups in total. The van der Waals surface area contributed by atoms with E-state index in [4.69, 9.17) is 0 Å². The molecule has 1 amide bonds. The third kappa shape index (κ3) is 4.22. The minimum atomic E-state index is -0.0226. The van der Waals surface area contributed by atoms with E-state index in [-0.39, 0.29) is 5.91 Å². The third-order valence-corrected chi connectivity index (χ3v) is 4.75. The smallest absolute Gasteiger partial charge is 0.234 e. The van der Waals surface area contributed by atoms with Crippen LogP contribution in [0.3, 0.4) is 0 Å². The highest BCUT2D eigenvalue weighted by Crippen LogP contribution is 2.23. The van der Waals surface area contributed by atoms with Crippen LogP contribution in [-0.2, 0) is 4.79 Å². The minimum absolute atomic E-state index is 0.0226. The fourth-order valence-electron chi connectivity index (χ4n) is 2.57. The van der Waals surface area contributed by atoms with Crippen molar-refractivity contribution in [3.05, 3.63) is 42.2 Å². The van der Waals surface area contributed by atoms with Gasteiger partial charge in [-0.25, -0.2) is 9.97 Å². The lowest BCUT2D eigenvalue weighted by Gasteiger charge is -2.16. The number of benzene rings is 1. The lowest BCUT2D eigenvalue weighted by atomic mass is 10.2. The van der Waals surface area contributed by atoms with Crippen molar-refractivity contribution >= 4 is 29.2 Å². The summed E-state index contributed by atoms with van der Waals surface area (Å²) in [5.41, 5.74) is 1.92. The van der Waals surface area contributed by atoms with Gasteiger partial charge >= 0.3 is 0 Å². The Kier molecular flexibility index (Phi) is 5.12. The highest BCUT2D eigenvalue weighted by atomic mass is 32.2. The van der Waals surface area contributed by atoms with E-state index < -0.39 is 0 Å². The maximum absolute atomic E-state index is 12.1. The van der Waals surface area contributed by atoms with Crippen LogP contribution in [-0.4, -0.2) is 34.7 Å². The molecule has 0 aliphatic carbocycles. The SMILES string of the molecule is Cc1ccccc1NC(=O)CSc1cc(N2CCCC2)ncn1. The summed E-state index contributed by atoms with van der Waals surface area (Å²) in [7, 11) is 0. The van der Waals surface area contributed by atoms with Crippen LogP contribution in [0.2, 0.25) is 0 Å². The molecule has 1 aliphatic heterocycles. The number of thioether (sulfide) groups is 1. The molecule has 0 saturated carbocycles. The number of amides is 1. The number of carbonyl (C=O) groups excluding carboxylic acids is 1. The molecule has 6 heteroatoms. The molecule has 1 saturated heterocycles. The number of hydrogen-bond donors (Lipinski definition) is 1. The van der Waals surface area contributed by atoms with Crippen LogP contribution in [0, 0.1) is 6.92 Å². The van der Waals surface area contributed by atoms with Gasteiger partial charge in [0.25, 0.3) is 0 Å². The molecule has 1 aromatic heterocycles. The molecule has 1 aromatic carbocycles. The monoisotopic (exact) mass is 328 g/mol. The van der Waals surface area contributed by atoms with E-state index in [1.54, 1.807) is 6.33 Å². The first kappa shape index (κ1) is 15.8. The van der Waals surface area contributed by atoms with Crippen LogP contribution < -0.4 is 10.2 Å². The molecule has 23 heavy (non-hydrogen) atoms. The Balaban J connectivity index is 1.56. The van der Waals surface area contributed by atoms with Gasteiger partial charge in [-0.05, 0) is 31.4 Å². The van der Waals surface area contributed by atoms with Crippen LogP contribution in [0.25, 0.3) is 0 Å². The van der Waals surface area contributed by atoms with Crippen molar-refractivity contribution in [3.63, 3.8) is 0 Å². The normalized spacial score (nSPS) is 14.0. The Morgan fingerprint density at radius 1 is 1.26 bits per heavy atom. The largest absolute Gasteiger partial charge is 0.356 e. The predicted molar refractivity (Wildman–Crippen MR) is 94.0 cm³/mol. The van der Waals surface area contributed by atoms with Crippen molar-refractivity contribution in [1.29, 1.82) is 0 Å². The van der Waals surface area contributed by atoms with Crippen molar-refractivity contribution in [2.45, 2.75) is 24.8 Å². The van der Waals surface area contributed by atoms with Crippen molar-refractivity contribution < 1.29 is 4.79 Å². The molecule has 0 bridgehead atoms. The number of carbonyl (C=O) groups is 1. The van der Waals surface area contributed by atoms with Gasteiger partial charge in [0.1, 0.15) is 17.2 Å². The average molecular weight is 328 g/mol. The molecular weight excluding hydrogens is 308 g/mol. The number of para-hydroxylation sites is 1. The summed E-state index contributed by atoms with van der Waals surface area (Å²) in [5, 5.41) is 3.77. The van der Waals surface area contributed by atoms with Gasteiger partial charge in [0.15, 0.2) is 0 Å². The number of anilines is 2. The van der Waals surface area contributed by atoms with E-state index in [2.05, 4.69) is 20.2 Å². The molecule has 0 atom stereocenters. The second-order valence-electron chi connectivity index (χ2n) is 5.56. The number of rotatable bonds is 5. The quantitative estimate of drug-likeness (QED) is 0.675. The van der Waals surface area contributed by atoms with E-state index in [1.807, 2.05) is 37.3 Å². The molecule has 2 aromatic rings. The highest BCUT2D eigenvalue weighted by molar-refractivity contribution is 7.99. The molecule has 2 heterocycles. The molecule has 0 spiro atoms. The lowest BCUT2D eigenvalue weighted by molar-refractivity contribution is -0.113. The van der Waals surface area contributed by atoms with Gasteiger partial charge in [0.05, 0.1) is 5.75 Å². The minimum Gasteiger partial charge on any atom is -0.356 e. The zero-order valence-corrected chi connectivity index (χ0v) is 14.0. The van der Waals surface area contributed by atoms with E-state index in [9.17, 15) is 4.79 Å². The summed E-state index contributed by atoms with van der Waals surface area (Å²) >= 11 is 1.44. The van der Waals surface area contributed by atoms with Gasteiger partial charge in [0.2, 0.25) is 5.91 Å². The first-order chi connectivity index (χ1) is 11.2. The molecule has 1 aliphatic rings. The van der Waals surface area contributed by atoms with E-state index in [0.29, 0.717) is 5.75 Å². The number of nitrogens with one attached hydrogen (secondary N) is 1. The summed E-state index contributed by atoms with van der Waals surface area (Å²) in [4.78, 5) is 22.9. The zero-order valence-electron chi connectivity index (χ0n) is 13.2. The molecule has 5 nitrogen and oxygen atoms in total. The summed E-state index contributed by atoms with van der Waals surface area (Å²) in [6.07, 6.45) is 4.01. The van der Waals surface area contributed by atoms with Crippen LogP contribution in [0.4, 0.5) is 11.5 Å². The van der Waals surface area contributed by atoms with Gasteiger partial charge < -0.3 is 10.2 Å². The maximum Gasteiger partial charge on any atom is 0.234 e. The van der Waals surface area contributed by atoms with E-state index in [1.165, 1.54) is 24.6 Å². The number of aryl methyl sites for hydroxylation is 1. The Labute approximate surface area is 140 Å². The lowest BCUT2D eigenvalue weighted by Crippen LogP contribution is -2.19. The molecule has 120 valence electrons. The highest BCUT2D eigenvalue weighted by Gasteiger charge is 2.14. The third-order valence-electron chi connectivity index (χ3n) is 3.83. The van der Waals surface area contributed by atoms with Crippen molar-refractivity contribution in [1.82, 2.24) is 9.97 Å². The summed E-state index contributed by atoms with van der Waals surface area (Å²) < 4.78 is 0. The maximum atomic E-state index is 12.1. The first-order valence-electron chi connectivity index (χ1n) is 7.77. The van der Waals surface area contributed by atoms with Crippen LogP contribution in [0.1, 0.15) is 18.4 Å². The second kappa shape index (κ2) is 7.46. The van der Waals surface area contributed by atoms with Crippen molar-refractivity contribution in [2.75, 3.05) is 29.1 Å². The van der Waals surface area contributed by atoms with E-state index >= 15 is 0 Å².